The third-order valence-corrected chi connectivity index (χ3v) is 6.87. The van der Waals surface area contributed by atoms with Gasteiger partial charge in [-0.2, -0.15) is 4.31 Å². The smallest absolute Gasteiger partial charge is 0.317 e. The lowest BCUT2D eigenvalue weighted by atomic mass is 10.3. The Morgan fingerprint density at radius 3 is 2.52 bits per heavy atom. The van der Waals surface area contributed by atoms with Crippen molar-refractivity contribution in [1.29, 1.82) is 0 Å². The molecular formula is C18H27N3O5S. The number of hydrogen-bond acceptors (Lipinski definition) is 5. The Labute approximate surface area is 160 Å². The number of amides is 2. The lowest BCUT2D eigenvalue weighted by Crippen LogP contribution is -2.43. The zero-order valence-electron chi connectivity index (χ0n) is 15.8. The average Bonchev–Trinajstić information content (AvgIpc) is 3.51. The fourth-order valence-electron chi connectivity index (χ4n) is 3.13. The number of urea groups is 1. The molecule has 0 bridgehead atoms. The van der Waals surface area contributed by atoms with Crippen LogP contribution >= 0.6 is 0 Å². The lowest BCUT2D eigenvalue weighted by molar-refractivity contribution is 0.200. The second-order valence-corrected chi connectivity index (χ2v) is 8.83. The fraction of sp³-hybridized carbons (Fsp3) is 0.611. The highest BCUT2D eigenvalue weighted by molar-refractivity contribution is 7.89. The van der Waals surface area contributed by atoms with Gasteiger partial charge in [-0.3, -0.25) is 0 Å². The van der Waals surface area contributed by atoms with Gasteiger partial charge in [-0.25, -0.2) is 13.2 Å². The molecule has 1 saturated carbocycles. The van der Waals surface area contributed by atoms with Gasteiger partial charge in [0.05, 0.1) is 19.1 Å². The van der Waals surface area contributed by atoms with Crippen molar-refractivity contribution in [2.45, 2.75) is 24.2 Å². The number of methoxy groups -OCH3 is 2. The van der Waals surface area contributed by atoms with Crippen molar-refractivity contribution in [3.8, 4) is 11.5 Å². The van der Waals surface area contributed by atoms with Crippen molar-refractivity contribution in [3.63, 3.8) is 0 Å². The number of nitrogens with one attached hydrogen (secondary N) is 1. The van der Waals surface area contributed by atoms with Crippen molar-refractivity contribution < 1.29 is 22.7 Å². The number of nitrogens with zero attached hydrogens (tertiary/aromatic N) is 2. The van der Waals surface area contributed by atoms with Crippen LogP contribution in [0.3, 0.4) is 0 Å². The number of benzene rings is 1. The summed E-state index contributed by atoms with van der Waals surface area (Å²) in [6.07, 6.45) is 2.96. The molecule has 1 N–H and O–H groups in total. The zero-order chi connectivity index (χ0) is 19.4. The fourth-order valence-corrected chi connectivity index (χ4v) is 4.61. The maximum atomic E-state index is 13.0. The maximum Gasteiger partial charge on any atom is 0.317 e. The van der Waals surface area contributed by atoms with Crippen LogP contribution in [0.5, 0.6) is 11.5 Å². The molecule has 150 valence electrons. The molecule has 9 heteroatoms. The van der Waals surface area contributed by atoms with Gasteiger partial charge in [-0.15, -0.1) is 0 Å². The van der Waals surface area contributed by atoms with Crippen LogP contribution in [-0.4, -0.2) is 70.6 Å². The molecule has 1 saturated heterocycles. The third kappa shape index (κ3) is 4.65. The summed E-state index contributed by atoms with van der Waals surface area (Å²) in [5.41, 5.74) is 0. The molecule has 2 amide bonds. The molecule has 2 fully saturated rings. The molecule has 0 atom stereocenters. The van der Waals surface area contributed by atoms with Crippen molar-refractivity contribution in [1.82, 2.24) is 14.5 Å². The number of carbonyl (C=O) groups is 1. The monoisotopic (exact) mass is 397 g/mol. The van der Waals surface area contributed by atoms with E-state index >= 15 is 0 Å². The van der Waals surface area contributed by atoms with Crippen LogP contribution in [0.2, 0.25) is 0 Å². The Kier molecular flexibility index (Phi) is 6.11. The van der Waals surface area contributed by atoms with Crippen molar-refractivity contribution >= 4 is 16.1 Å². The van der Waals surface area contributed by atoms with E-state index in [-0.39, 0.29) is 17.5 Å². The lowest BCUT2D eigenvalue weighted by Gasteiger charge is -2.22. The molecule has 8 nitrogen and oxygen atoms in total. The summed E-state index contributed by atoms with van der Waals surface area (Å²) in [5.74, 6) is 1.46. The van der Waals surface area contributed by atoms with Crippen molar-refractivity contribution in [3.05, 3.63) is 18.2 Å². The topological polar surface area (TPSA) is 88.2 Å². The first kappa shape index (κ1) is 19.8. The van der Waals surface area contributed by atoms with E-state index in [0.717, 1.165) is 0 Å². The van der Waals surface area contributed by atoms with Crippen LogP contribution in [0.4, 0.5) is 4.79 Å². The molecule has 3 rings (SSSR count). The minimum absolute atomic E-state index is 0.104. The van der Waals surface area contributed by atoms with E-state index in [1.54, 1.807) is 11.0 Å². The van der Waals surface area contributed by atoms with Crippen molar-refractivity contribution in [2.24, 2.45) is 5.92 Å². The minimum atomic E-state index is -3.67. The van der Waals surface area contributed by atoms with Gasteiger partial charge in [-0.05, 0) is 37.3 Å². The normalized spacial score (nSPS) is 18.7. The summed E-state index contributed by atoms with van der Waals surface area (Å²) in [6, 6.07) is 4.47. The Hall–Kier alpha value is -2.00. The van der Waals surface area contributed by atoms with Gasteiger partial charge in [0.1, 0.15) is 0 Å². The molecular weight excluding hydrogens is 370 g/mol. The van der Waals surface area contributed by atoms with E-state index in [0.29, 0.717) is 50.0 Å². The van der Waals surface area contributed by atoms with Crippen LogP contribution in [0.15, 0.2) is 23.1 Å². The van der Waals surface area contributed by atoms with E-state index in [4.69, 9.17) is 9.47 Å². The summed E-state index contributed by atoms with van der Waals surface area (Å²) < 4.78 is 37.9. The second-order valence-electron chi connectivity index (χ2n) is 6.89. The first-order valence-electron chi connectivity index (χ1n) is 9.20. The summed E-state index contributed by atoms with van der Waals surface area (Å²) in [5, 5.41) is 2.94. The molecule has 2 aliphatic rings. The van der Waals surface area contributed by atoms with E-state index < -0.39 is 10.0 Å². The summed E-state index contributed by atoms with van der Waals surface area (Å²) in [4.78, 5) is 14.1. The summed E-state index contributed by atoms with van der Waals surface area (Å²) >= 11 is 0. The molecule has 1 heterocycles. The van der Waals surface area contributed by atoms with Gasteiger partial charge in [0.15, 0.2) is 11.5 Å². The van der Waals surface area contributed by atoms with E-state index in [9.17, 15) is 13.2 Å². The van der Waals surface area contributed by atoms with Gasteiger partial charge >= 0.3 is 6.03 Å². The molecule has 1 aromatic carbocycles. The number of carbonyl (C=O) groups excluding carboxylic acids is 1. The first-order chi connectivity index (χ1) is 13.0. The van der Waals surface area contributed by atoms with Crippen LogP contribution in [0.25, 0.3) is 0 Å². The highest BCUT2D eigenvalue weighted by Crippen LogP contribution is 2.31. The van der Waals surface area contributed by atoms with Crippen LogP contribution in [0.1, 0.15) is 19.3 Å². The molecule has 1 aromatic rings. The van der Waals surface area contributed by atoms with Gasteiger partial charge in [0.2, 0.25) is 10.0 Å². The number of ether oxygens (including phenoxy) is 2. The van der Waals surface area contributed by atoms with E-state index in [2.05, 4.69) is 5.32 Å². The second kappa shape index (κ2) is 8.35. The molecule has 0 unspecified atom stereocenters. The molecule has 1 aliphatic carbocycles. The number of rotatable bonds is 6. The first-order valence-corrected chi connectivity index (χ1v) is 10.6. The molecule has 1 aliphatic heterocycles. The quantitative estimate of drug-likeness (QED) is 0.786. The van der Waals surface area contributed by atoms with Crippen molar-refractivity contribution in [2.75, 3.05) is 46.9 Å². The molecule has 0 aromatic heterocycles. The minimum Gasteiger partial charge on any atom is -0.493 e. The van der Waals surface area contributed by atoms with Gasteiger partial charge in [-0.1, -0.05) is 0 Å². The molecule has 0 radical (unpaired) electrons. The Morgan fingerprint density at radius 1 is 1.11 bits per heavy atom. The van der Waals surface area contributed by atoms with E-state index in [1.807, 2.05) is 0 Å². The SMILES string of the molecule is COc1ccc(S(=O)(=O)N2CCCN(C(=O)NCC3CC3)CC2)cc1OC. The van der Waals surface area contributed by atoms with Crippen LogP contribution in [0, 0.1) is 5.92 Å². The number of hydrogen-bond donors (Lipinski definition) is 1. The standard InChI is InChI=1S/C18H27N3O5S/c1-25-16-7-6-15(12-17(16)26-2)27(23,24)21-9-3-8-20(10-11-21)18(22)19-13-14-4-5-14/h6-7,12,14H,3-5,8-11,13H2,1-2H3,(H,19,22). The maximum absolute atomic E-state index is 13.0. The Bertz CT molecular complexity index is 779. The van der Waals surface area contributed by atoms with E-state index in [1.165, 1.54) is 43.5 Å². The highest BCUT2D eigenvalue weighted by Gasteiger charge is 2.29. The Morgan fingerprint density at radius 2 is 1.85 bits per heavy atom. The van der Waals surface area contributed by atoms with Gasteiger partial charge in [0.25, 0.3) is 0 Å². The largest absolute Gasteiger partial charge is 0.493 e. The molecule has 0 spiro atoms. The number of sulfonamides is 1. The third-order valence-electron chi connectivity index (χ3n) is 4.97. The zero-order valence-corrected chi connectivity index (χ0v) is 16.6. The van der Waals surface area contributed by atoms with Crippen LogP contribution in [-0.2, 0) is 10.0 Å². The Balaban J connectivity index is 1.67. The van der Waals surface area contributed by atoms with Gasteiger partial charge < -0.3 is 19.7 Å². The van der Waals surface area contributed by atoms with Gasteiger partial charge in [0, 0.05) is 38.8 Å². The summed E-state index contributed by atoms with van der Waals surface area (Å²) in [6.45, 7) is 2.29. The predicted octanol–water partition coefficient (Wildman–Crippen LogP) is 1.52. The average molecular weight is 397 g/mol. The molecule has 27 heavy (non-hydrogen) atoms. The van der Waals surface area contributed by atoms with Crippen LogP contribution < -0.4 is 14.8 Å². The highest BCUT2D eigenvalue weighted by atomic mass is 32.2. The summed E-state index contributed by atoms with van der Waals surface area (Å²) in [7, 11) is -0.694. The predicted molar refractivity (Wildman–Crippen MR) is 101 cm³/mol.